The molecule has 0 heterocycles. The molecule has 3 unspecified atom stereocenters. The van der Waals surface area contributed by atoms with E-state index in [9.17, 15) is 0 Å². The molecule has 0 aromatic carbocycles. The van der Waals surface area contributed by atoms with Gasteiger partial charge in [0.05, 0.1) is 12.7 Å². The smallest absolute Gasteiger partial charge is 0.0623 e. The summed E-state index contributed by atoms with van der Waals surface area (Å²) in [5, 5.41) is 3.52. The lowest BCUT2D eigenvalue weighted by Crippen LogP contribution is -2.35. The predicted octanol–water partition coefficient (Wildman–Crippen LogP) is 3.75. The summed E-state index contributed by atoms with van der Waals surface area (Å²) in [6.07, 6.45) is 9.69. The summed E-state index contributed by atoms with van der Waals surface area (Å²) in [6.45, 7) is 8.69. The van der Waals surface area contributed by atoms with Gasteiger partial charge in [0.2, 0.25) is 0 Å². The van der Waals surface area contributed by atoms with Crippen LogP contribution in [0.15, 0.2) is 0 Å². The van der Waals surface area contributed by atoms with E-state index in [1.807, 2.05) is 0 Å². The van der Waals surface area contributed by atoms with E-state index in [4.69, 9.17) is 4.74 Å². The second-order valence-corrected chi connectivity index (χ2v) is 5.44. The molecule has 0 aliphatic heterocycles. The van der Waals surface area contributed by atoms with Gasteiger partial charge in [-0.25, -0.2) is 0 Å². The molecule has 3 atom stereocenters. The van der Waals surface area contributed by atoms with Crippen molar-refractivity contribution in [1.29, 1.82) is 0 Å². The molecule has 0 aromatic rings. The average Bonchev–Trinajstić information content (AvgIpc) is 2.37. The van der Waals surface area contributed by atoms with Crippen molar-refractivity contribution >= 4 is 0 Å². The minimum atomic E-state index is 0.534. The largest absolute Gasteiger partial charge is 0.377 e. The number of hydrogen-bond donors (Lipinski definition) is 1. The van der Waals surface area contributed by atoms with Crippen LogP contribution in [0.25, 0.3) is 0 Å². The van der Waals surface area contributed by atoms with Crippen LogP contribution in [0, 0.1) is 5.92 Å². The highest BCUT2D eigenvalue weighted by Crippen LogP contribution is 2.28. The van der Waals surface area contributed by atoms with Crippen molar-refractivity contribution in [3.63, 3.8) is 0 Å². The summed E-state index contributed by atoms with van der Waals surface area (Å²) in [7, 11) is 0. The van der Waals surface area contributed by atoms with Gasteiger partial charge in [-0.15, -0.1) is 0 Å². The van der Waals surface area contributed by atoms with Crippen molar-refractivity contribution in [2.24, 2.45) is 5.92 Å². The molecule has 102 valence electrons. The van der Waals surface area contributed by atoms with E-state index < -0.39 is 0 Å². The highest BCUT2D eigenvalue weighted by molar-refractivity contribution is 4.74. The van der Waals surface area contributed by atoms with Crippen molar-refractivity contribution in [3.05, 3.63) is 0 Å². The topological polar surface area (TPSA) is 21.3 Å². The first-order chi connectivity index (χ1) is 8.30. The summed E-state index contributed by atoms with van der Waals surface area (Å²) in [4.78, 5) is 0. The van der Waals surface area contributed by atoms with E-state index in [-0.39, 0.29) is 0 Å². The maximum atomic E-state index is 6.12. The van der Waals surface area contributed by atoms with Gasteiger partial charge in [-0.2, -0.15) is 0 Å². The molecule has 1 rings (SSSR count). The van der Waals surface area contributed by atoms with Gasteiger partial charge >= 0.3 is 0 Å². The lowest BCUT2D eigenvalue weighted by molar-refractivity contribution is 0.000683. The van der Waals surface area contributed by atoms with Gasteiger partial charge in [-0.1, -0.05) is 46.5 Å². The Kier molecular flexibility index (Phi) is 7.87. The Bertz CT molecular complexity index is 178. The average molecular weight is 241 g/mol. The van der Waals surface area contributed by atoms with Gasteiger partial charge in [0.15, 0.2) is 0 Å². The van der Waals surface area contributed by atoms with Crippen LogP contribution in [0.1, 0.15) is 65.7 Å². The first-order valence-corrected chi connectivity index (χ1v) is 7.65. The van der Waals surface area contributed by atoms with Gasteiger partial charge in [0, 0.05) is 6.04 Å². The minimum absolute atomic E-state index is 0.534. The van der Waals surface area contributed by atoms with Crippen LogP contribution in [0.4, 0.5) is 0 Å². The van der Waals surface area contributed by atoms with Crippen molar-refractivity contribution < 1.29 is 4.74 Å². The zero-order valence-electron chi connectivity index (χ0n) is 12.0. The van der Waals surface area contributed by atoms with Crippen LogP contribution in [0.5, 0.6) is 0 Å². The highest BCUT2D eigenvalue weighted by atomic mass is 16.5. The quantitative estimate of drug-likeness (QED) is 0.699. The molecule has 1 aliphatic rings. The van der Waals surface area contributed by atoms with Crippen molar-refractivity contribution in [1.82, 2.24) is 5.32 Å². The number of hydrogen-bond acceptors (Lipinski definition) is 2. The fraction of sp³-hybridized carbons (Fsp3) is 1.00. The van der Waals surface area contributed by atoms with Crippen LogP contribution in [-0.4, -0.2) is 25.3 Å². The summed E-state index contributed by atoms with van der Waals surface area (Å²) >= 11 is 0. The van der Waals surface area contributed by atoms with Crippen LogP contribution >= 0.6 is 0 Å². The maximum absolute atomic E-state index is 6.12. The van der Waals surface area contributed by atoms with E-state index in [0.29, 0.717) is 12.1 Å². The molecular weight excluding hydrogens is 210 g/mol. The third-order valence-electron chi connectivity index (χ3n) is 3.98. The molecule has 1 aliphatic carbocycles. The lowest BCUT2D eigenvalue weighted by Gasteiger charge is -2.30. The normalized spacial score (nSPS) is 27.0. The van der Waals surface area contributed by atoms with E-state index >= 15 is 0 Å². The molecule has 0 saturated heterocycles. The van der Waals surface area contributed by atoms with Gasteiger partial charge in [0.25, 0.3) is 0 Å². The third-order valence-corrected chi connectivity index (χ3v) is 3.98. The zero-order valence-corrected chi connectivity index (χ0v) is 12.0. The first kappa shape index (κ1) is 15.0. The molecule has 0 bridgehead atoms. The van der Waals surface area contributed by atoms with Crippen molar-refractivity contribution in [2.75, 3.05) is 13.2 Å². The van der Waals surface area contributed by atoms with Gasteiger partial charge < -0.3 is 10.1 Å². The zero-order chi connectivity index (χ0) is 12.5. The Hall–Kier alpha value is -0.0800. The van der Waals surface area contributed by atoms with E-state index in [2.05, 4.69) is 26.1 Å². The van der Waals surface area contributed by atoms with E-state index in [1.165, 1.54) is 44.9 Å². The molecule has 0 aromatic heterocycles. The molecular formula is C15H31NO. The summed E-state index contributed by atoms with van der Waals surface area (Å²) in [5.74, 6) is 0.914. The standard InChI is InChI=1S/C15H31NO/c1-4-8-14(16-6-3)12-17-15-10-7-9-13(5-2)11-15/h13-16H,4-12H2,1-3H3. The first-order valence-electron chi connectivity index (χ1n) is 7.65. The Morgan fingerprint density at radius 1 is 1.24 bits per heavy atom. The SMILES string of the molecule is CCCC(COC1CCCC(CC)C1)NCC. The monoisotopic (exact) mass is 241 g/mol. The third kappa shape index (κ3) is 5.87. The molecule has 0 spiro atoms. The second kappa shape index (κ2) is 8.93. The second-order valence-electron chi connectivity index (χ2n) is 5.44. The minimum Gasteiger partial charge on any atom is -0.377 e. The fourth-order valence-electron chi connectivity index (χ4n) is 2.90. The molecule has 0 radical (unpaired) electrons. The Balaban J connectivity index is 2.22. The predicted molar refractivity (Wildman–Crippen MR) is 74.4 cm³/mol. The Morgan fingerprint density at radius 3 is 2.71 bits per heavy atom. The van der Waals surface area contributed by atoms with Gasteiger partial charge in [-0.05, 0) is 31.7 Å². The summed E-state index contributed by atoms with van der Waals surface area (Å²) in [6, 6.07) is 0.562. The number of ether oxygens (including phenoxy) is 1. The van der Waals surface area contributed by atoms with Crippen LogP contribution in [-0.2, 0) is 4.74 Å². The fourth-order valence-corrected chi connectivity index (χ4v) is 2.90. The maximum Gasteiger partial charge on any atom is 0.0623 e. The van der Waals surface area contributed by atoms with Gasteiger partial charge in [0.1, 0.15) is 0 Å². The number of likely N-dealkylation sites (N-methyl/N-ethyl adjacent to an activating group) is 1. The summed E-state index contributed by atoms with van der Waals surface area (Å²) in [5.41, 5.74) is 0. The molecule has 17 heavy (non-hydrogen) atoms. The molecule has 2 heteroatoms. The Morgan fingerprint density at radius 2 is 2.06 bits per heavy atom. The molecule has 0 amide bonds. The van der Waals surface area contributed by atoms with E-state index in [1.54, 1.807) is 0 Å². The van der Waals surface area contributed by atoms with Gasteiger partial charge in [-0.3, -0.25) is 0 Å². The number of nitrogens with one attached hydrogen (secondary N) is 1. The van der Waals surface area contributed by atoms with Crippen LogP contribution < -0.4 is 5.32 Å². The number of rotatable bonds is 8. The molecule has 2 nitrogen and oxygen atoms in total. The highest BCUT2D eigenvalue weighted by Gasteiger charge is 2.21. The van der Waals surface area contributed by atoms with Crippen LogP contribution in [0.3, 0.4) is 0 Å². The van der Waals surface area contributed by atoms with E-state index in [0.717, 1.165) is 19.1 Å². The lowest BCUT2D eigenvalue weighted by atomic mass is 9.85. The molecule has 1 saturated carbocycles. The van der Waals surface area contributed by atoms with Crippen LogP contribution in [0.2, 0.25) is 0 Å². The summed E-state index contributed by atoms with van der Waals surface area (Å²) < 4.78 is 6.12. The Labute approximate surface area is 108 Å². The molecule has 1 N–H and O–H groups in total. The molecule has 1 fully saturated rings. The van der Waals surface area contributed by atoms with Crippen molar-refractivity contribution in [3.8, 4) is 0 Å². The van der Waals surface area contributed by atoms with Crippen molar-refractivity contribution in [2.45, 2.75) is 77.9 Å².